The third-order valence-electron chi connectivity index (χ3n) is 1.17. The number of rotatable bonds is 0. The van der Waals surface area contributed by atoms with Crippen LogP contribution < -0.4 is 5.39 Å². The van der Waals surface area contributed by atoms with Gasteiger partial charge in [-0.1, -0.05) is 35.4 Å². The summed E-state index contributed by atoms with van der Waals surface area (Å²) < 4.78 is 39.0. The summed E-state index contributed by atoms with van der Waals surface area (Å²) >= 11 is 0. The lowest BCUT2D eigenvalue weighted by Gasteiger charge is -1.94. The van der Waals surface area contributed by atoms with Crippen LogP contribution in [0, 0.1) is 19.2 Å². The second-order valence-electron chi connectivity index (χ2n) is 2.65. The Morgan fingerprint density at radius 3 is 1.40 bits per heavy atom. The highest BCUT2D eigenvalue weighted by atomic mass is 19.5. The minimum absolute atomic E-state index is 1.34. The molecule has 0 heterocycles. The van der Waals surface area contributed by atoms with Crippen LogP contribution in [-0.4, -0.2) is 7.25 Å². The SMILES string of the molecule is Cc1cccc(C)c1.F[B-](F)(F)F.N#[NH+]. The van der Waals surface area contributed by atoms with Gasteiger partial charge >= 0.3 is 7.25 Å². The van der Waals surface area contributed by atoms with E-state index in [2.05, 4.69) is 38.1 Å². The van der Waals surface area contributed by atoms with Gasteiger partial charge in [0, 0.05) is 0 Å². The van der Waals surface area contributed by atoms with Gasteiger partial charge in [-0.3, -0.25) is 0 Å². The first-order chi connectivity index (χ1) is 6.79. The van der Waals surface area contributed by atoms with E-state index >= 15 is 0 Å². The predicted octanol–water partition coefficient (Wildman–Crippen LogP) is 1.88. The summed E-state index contributed by atoms with van der Waals surface area (Å²) in [5.74, 6) is 0. The predicted molar refractivity (Wildman–Crippen MR) is 48.8 cm³/mol. The molecule has 0 aromatic heterocycles. The van der Waals surface area contributed by atoms with Crippen molar-refractivity contribution in [1.82, 2.24) is 0 Å². The summed E-state index contributed by atoms with van der Waals surface area (Å²) in [5.41, 5.74) is 2.68. The van der Waals surface area contributed by atoms with E-state index in [4.69, 9.17) is 10.8 Å². The lowest BCUT2D eigenvalue weighted by atomic mass is 10.2. The van der Waals surface area contributed by atoms with E-state index in [0.29, 0.717) is 0 Å². The van der Waals surface area contributed by atoms with Gasteiger partial charge in [0.25, 0.3) is 0 Å². The number of diazo groups is 1. The molecule has 1 rings (SSSR count). The topological polar surface area (TPSA) is 47.6 Å². The number of hydrogen-bond acceptors (Lipinski definition) is 1. The number of aryl methyl sites for hydroxylation is 2. The Labute approximate surface area is 85.4 Å². The molecular weight excluding hydrogens is 211 g/mol. The molecule has 2 nitrogen and oxygen atoms in total. The van der Waals surface area contributed by atoms with Gasteiger partial charge in [-0.05, 0) is 13.8 Å². The number of benzene rings is 1. The molecule has 0 unspecified atom stereocenters. The van der Waals surface area contributed by atoms with Crippen LogP contribution in [0.3, 0.4) is 0 Å². The average molecular weight is 222 g/mol. The molecule has 0 atom stereocenters. The summed E-state index contributed by atoms with van der Waals surface area (Å²) in [6, 6.07) is 8.45. The minimum atomic E-state index is -6.00. The quantitative estimate of drug-likeness (QED) is 0.406. The van der Waals surface area contributed by atoms with Crippen LogP contribution >= 0.6 is 0 Å². The molecule has 7 heteroatoms. The van der Waals surface area contributed by atoms with Gasteiger partial charge in [0.15, 0.2) is 0 Å². The number of nitrogens with zero attached hydrogens (tertiary/aromatic N) is 1. The third kappa shape index (κ3) is 19.0. The van der Waals surface area contributed by atoms with Gasteiger partial charge < -0.3 is 17.3 Å². The zero-order valence-electron chi connectivity index (χ0n) is 8.35. The molecule has 15 heavy (non-hydrogen) atoms. The van der Waals surface area contributed by atoms with Crippen LogP contribution in [0.2, 0.25) is 0 Å². The molecule has 0 aliphatic heterocycles. The van der Waals surface area contributed by atoms with Crippen molar-refractivity contribution >= 4 is 7.25 Å². The summed E-state index contributed by atoms with van der Waals surface area (Å²) in [7, 11) is -6.00. The Morgan fingerprint density at radius 2 is 1.27 bits per heavy atom. The molecule has 1 aromatic rings. The van der Waals surface area contributed by atoms with E-state index < -0.39 is 7.25 Å². The smallest absolute Gasteiger partial charge is 0.418 e. The van der Waals surface area contributed by atoms with Crippen molar-refractivity contribution < 1.29 is 22.7 Å². The van der Waals surface area contributed by atoms with E-state index in [0.717, 1.165) is 0 Å². The number of nitrogens with one attached hydrogen (secondary N) is 1. The van der Waals surface area contributed by atoms with Crippen molar-refractivity contribution in [1.29, 1.82) is 5.39 Å². The molecule has 0 aliphatic rings. The normalized spacial score (nSPS) is 9.07. The zero-order chi connectivity index (χ0) is 12.5. The van der Waals surface area contributed by atoms with Crippen LogP contribution in [0.15, 0.2) is 24.3 Å². The number of hydrogen-bond donors (Lipinski definition) is 1. The first kappa shape index (κ1) is 15.9. The van der Waals surface area contributed by atoms with Crippen LogP contribution in [-0.2, 0) is 0 Å². The number of halogens is 4. The molecule has 0 fully saturated rings. The Hall–Kier alpha value is -1.58. The van der Waals surface area contributed by atoms with E-state index in [1.807, 2.05) is 0 Å². The Balaban J connectivity index is 0. The van der Waals surface area contributed by atoms with Gasteiger partial charge in [0.05, 0.1) is 5.39 Å². The van der Waals surface area contributed by atoms with Crippen molar-refractivity contribution in [2.75, 3.05) is 0 Å². The summed E-state index contributed by atoms with van der Waals surface area (Å²) in [6.45, 7) is 4.21. The third-order valence-corrected chi connectivity index (χ3v) is 1.17. The van der Waals surface area contributed by atoms with Gasteiger partial charge in [-0.25, -0.2) is 0 Å². The Bertz CT molecular complexity index is 275. The monoisotopic (exact) mass is 222 g/mol. The fourth-order valence-corrected chi connectivity index (χ4v) is 0.807. The molecule has 84 valence electrons. The Morgan fingerprint density at radius 1 is 1.00 bits per heavy atom. The lowest BCUT2D eigenvalue weighted by Crippen LogP contribution is -2.11. The van der Waals surface area contributed by atoms with E-state index in [1.54, 1.807) is 0 Å². The van der Waals surface area contributed by atoms with Crippen molar-refractivity contribution in [2.45, 2.75) is 13.8 Å². The van der Waals surface area contributed by atoms with Gasteiger partial charge in [-0.15, -0.1) is 0 Å². The van der Waals surface area contributed by atoms with Crippen LogP contribution in [0.25, 0.3) is 0 Å². The van der Waals surface area contributed by atoms with Crippen molar-refractivity contribution in [2.24, 2.45) is 0 Å². The lowest BCUT2D eigenvalue weighted by molar-refractivity contribution is -0.175. The molecule has 0 aliphatic carbocycles. The molecule has 1 aromatic carbocycles. The molecule has 0 saturated heterocycles. The molecule has 1 N–H and O–H groups in total. The molecular formula is C8H11BF4N2. The van der Waals surface area contributed by atoms with Crippen LogP contribution in [0.1, 0.15) is 11.1 Å². The average Bonchev–Trinajstić information content (AvgIpc) is 2.04. The summed E-state index contributed by atoms with van der Waals surface area (Å²) in [6.07, 6.45) is 0. The maximum atomic E-state index is 9.75. The maximum Gasteiger partial charge on any atom is 0.673 e. The molecule has 0 saturated carbocycles. The van der Waals surface area contributed by atoms with Gasteiger partial charge in [-0.2, -0.15) is 0 Å². The van der Waals surface area contributed by atoms with Crippen molar-refractivity contribution in [3.05, 3.63) is 35.4 Å². The molecule has 0 spiro atoms. The Kier molecular flexibility index (Phi) is 8.25. The van der Waals surface area contributed by atoms with Gasteiger partial charge in [0.1, 0.15) is 0 Å². The second-order valence-corrected chi connectivity index (χ2v) is 2.65. The van der Waals surface area contributed by atoms with Crippen molar-refractivity contribution in [3.63, 3.8) is 0 Å². The second kappa shape index (κ2) is 7.79. The summed E-state index contributed by atoms with van der Waals surface area (Å²) in [4.78, 5) is 0. The van der Waals surface area contributed by atoms with Gasteiger partial charge in [0.2, 0.25) is 5.39 Å². The standard InChI is InChI=1S/C8H10.BF4.N2/c1-7-4-3-5-8(2)6-7;2-1(3,4)5;1-2/h3-6H,1-2H3;;/q;-1;/p+1. The van der Waals surface area contributed by atoms with E-state index in [-0.39, 0.29) is 0 Å². The van der Waals surface area contributed by atoms with E-state index in [1.165, 1.54) is 11.1 Å². The van der Waals surface area contributed by atoms with Crippen LogP contribution in [0.5, 0.6) is 0 Å². The maximum absolute atomic E-state index is 9.75. The highest BCUT2D eigenvalue weighted by molar-refractivity contribution is 6.50. The molecule has 0 radical (unpaired) electrons. The first-order valence-corrected chi connectivity index (χ1v) is 3.92. The minimum Gasteiger partial charge on any atom is -0.418 e. The van der Waals surface area contributed by atoms with Crippen LogP contribution in [0.4, 0.5) is 17.3 Å². The largest absolute Gasteiger partial charge is 0.673 e. The molecule has 0 bridgehead atoms. The fraction of sp³-hybridized carbons (Fsp3) is 0.250. The highest BCUT2D eigenvalue weighted by Crippen LogP contribution is 2.06. The summed E-state index contributed by atoms with van der Waals surface area (Å²) in [5, 5.41) is 11.0. The van der Waals surface area contributed by atoms with E-state index in [9.17, 15) is 17.3 Å². The molecule has 0 amide bonds. The highest BCUT2D eigenvalue weighted by Gasteiger charge is 2.20. The fourth-order valence-electron chi connectivity index (χ4n) is 0.807. The van der Waals surface area contributed by atoms with Crippen molar-refractivity contribution in [3.8, 4) is 0 Å². The zero-order valence-corrected chi connectivity index (χ0v) is 8.35. The first-order valence-electron chi connectivity index (χ1n) is 3.92.